The molecule has 0 spiro atoms. The van der Waals surface area contributed by atoms with E-state index in [2.05, 4.69) is 10.5 Å². The normalized spacial score (nSPS) is 16.0. The van der Waals surface area contributed by atoms with Crippen molar-refractivity contribution in [3.8, 4) is 0 Å². The van der Waals surface area contributed by atoms with Gasteiger partial charge in [0.15, 0.2) is 0 Å². The van der Waals surface area contributed by atoms with Crippen LogP contribution in [0.1, 0.15) is 18.4 Å². The smallest absolute Gasteiger partial charge is 0.269 e. The molecule has 1 aliphatic rings. The van der Waals surface area contributed by atoms with Gasteiger partial charge in [0.05, 0.1) is 16.0 Å². The van der Waals surface area contributed by atoms with Crippen LogP contribution in [-0.2, 0) is 14.8 Å². The second-order valence-corrected chi connectivity index (χ2v) is 8.51. The molecule has 9 nitrogen and oxygen atoms in total. The van der Waals surface area contributed by atoms with Crippen molar-refractivity contribution in [2.24, 2.45) is 11.0 Å². The molecule has 0 aromatic heterocycles. The zero-order valence-corrected chi connectivity index (χ0v) is 16.3. The van der Waals surface area contributed by atoms with Gasteiger partial charge in [-0.3, -0.25) is 14.9 Å². The lowest BCUT2D eigenvalue weighted by atomic mass is 9.98. The van der Waals surface area contributed by atoms with Gasteiger partial charge in [0.25, 0.3) is 5.69 Å². The summed E-state index contributed by atoms with van der Waals surface area (Å²) in [5, 5.41) is 14.5. The number of nitrogens with zero attached hydrogens (tertiary/aromatic N) is 3. The Hall–Kier alpha value is -3.11. The minimum atomic E-state index is -3.55. The molecular formula is C19H20N4O5S. The highest BCUT2D eigenvalue weighted by Gasteiger charge is 2.31. The van der Waals surface area contributed by atoms with Crippen LogP contribution < -0.4 is 5.43 Å². The van der Waals surface area contributed by atoms with E-state index < -0.39 is 14.9 Å². The van der Waals surface area contributed by atoms with Crippen molar-refractivity contribution in [1.29, 1.82) is 0 Å². The summed E-state index contributed by atoms with van der Waals surface area (Å²) in [4.78, 5) is 22.7. The Bertz CT molecular complexity index is 999. The number of amides is 1. The molecule has 0 saturated carbocycles. The molecule has 3 rings (SSSR count). The molecule has 0 radical (unpaired) electrons. The number of hydrogen-bond acceptors (Lipinski definition) is 6. The van der Waals surface area contributed by atoms with Crippen LogP contribution in [0.25, 0.3) is 0 Å². The summed E-state index contributed by atoms with van der Waals surface area (Å²) in [6.07, 6.45) is 2.21. The van der Waals surface area contributed by atoms with Gasteiger partial charge in [-0.05, 0) is 42.7 Å². The molecule has 2 aromatic rings. The van der Waals surface area contributed by atoms with Crippen LogP contribution in [0.5, 0.6) is 0 Å². The summed E-state index contributed by atoms with van der Waals surface area (Å²) < 4.78 is 26.6. The van der Waals surface area contributed by atoms with Gasteiger partial charge in [-0.25, -0.2) is 13.8 Å². The van der Waals surface area contributed by atoms with Crippen molar-refractivity contribution in [2.75, 3.05) is 13.1 Å². The highest BCUT2D eigenvalue weighted by atomic mass is 32.2. The largest absolute Gasteiger partial charge is 0.273 e. The lowest BCUT2D eigenvalue weighted by Gasteiger charge is -2.30. The molecule has 152 valence electrons. The zero-order valence-electron chi connectivity index (χ0n) is 15.5. The summed E-state index contributed by atoms with van der Waals surface area (Å²) in [6, 6.07) is 14.0. The molecule has 2 aromatic carbocycles. The summed E-state index contributed by atoms with van der Waals surface area (Å²) in [6.45, 7) is 0.531. The highest BCUT2D eigenvalue weighted by Crippen LogP contribution is 2.23. The third-order valence-corrected chi connectivity index (χ3v) is 6.61. The Kier molecular flexibility index (Phi) is 6.35. The van der Waals surface area contributed by atoms with Crippen molar-refractivity contribution in [3.05, 3.63) is 70.3 Å². The SMILES string of the molecule is O=C(N/N=C\c1ccc([N+](=O)[O-])cc1)C1CCN(S(=O)(=O)c2ccccc2)CC1. The van der Waals surface area contributed by atoms with Gasteiger partial charge in [0.1, 0.15) is 0 Å². The number of carbonyl (C=O) groups excluding carboxylic acids is 1. The minimum Gasteiger partial charge on any atom is -0.273 e. The number of nitro groups is 1. The van der Waals surface area contributed by atoms with E-state index in [1.807, 2.05) is 0 Å². The Morgan fingerprint density at radius 1 is 1.10 bits per heavy atom. The topological polar surface area (TPSA) is 122 Å². The zero-order chi connectivity index (χ0) is 20.9. The van der Waals surface area contributed by atoms with E-state index in [9.17, 15) is 23.3 Å². The van der Waals surface area contributed by atoms with E-state index >= 15 is 0 Å². The van der Waals surface area contributed by atoms with Crippen LogP contribution in [0.3, 0.4) is 0 Å². The van der Waals surface area contributed by atoms with Crippen molar-refractivity contribution < 1.29 is 18.1 Å². The number of benzene rings is 2. The van der Waals surface area contributed by atoms with Crippen LogP contribution in [0, 0.1) is 16.0 Å². The molecule has 1 heterocycles. The van der Waals surface area contributed by atoms with Crippen molar-refractivity contribution >= 4 is 27.8 Å². The van der Waals surface area contributed by atoms with E-state index in [0.717, 1.165) is 0 Å². The second-order valence-electron chi connectivity index (χ2n) is 6.57. The predicted molar refractivity (Wildman–Crippen MR) is 107 cm³/mol. The van der Waals surface area contributed by atoms with Gasteiger partial charge < -0.3 is 0 Å². The first-order valence-corrected chi connectivity index (χ1v) is 10.4. The number of piperidine rings is 1. The number of hydrazone groups is 1. The summed E-state index contributed by atoms with van der Waals surface area (Å²) in [5.74, 6) is -0.605. The molecule has 0 unspecified atom stereocenters. The third-order valence-electron chi connectivity index (χ3n) is 4.70. The Labute approximate surface area is 168 Å². The minimum absolute atomic E-state index is 0.0246. The number of non-ortho nitro benzene ring substituents is 1. The van der Waals surface area contributed by atoms with Crippen LogP contribution >= 0.6 is 0 Å². The van der Waals surface area contributed by atoms with Crippen LogP contribution in [-0.4, -0.2) is 42.9 Å². The summed E-state index contributed by atoms with van der Waals surface area (Å²) >= 11 is 0. The molecule has 1 N–H and O–H groups in total. The molecule has 1 saturated heterocycles. The van der Waals surface area contributed by atoms with Crippen molar-refractivity contribution in [1.82, 2.24) is 9.73 Å². The number of nitro benzene ring substituents is 1. The number of sulfonamides is 1. The van der Waals surface area contributed by atoms with Gasteiger partial charge in [0.2, 0.25) is 15.9 Å². The third kappa shape index (κ3) is 5.04. The van der Waals surface area contributed by atoms with Crippen molar-refractivity contribution in [3.63, 3.8) is 0 Å². The van der Waals surface area contributed by atoms with Crippen molar-refractivity contribution in [2.45, 2.75) is 17.7 Å². The molecule has 29 heavy (non-hydrogen) atoms. The lowest BCUT2D eigenvalue weighted by Crippen LogP contribution is -2.42. The first-order chi connectivity index (χ1) is 13.9. The molecule has 1 amide bonds. The molecule has 10 heteroatoms. The molecular weight excluding hydrogens is 396 g/mol. The number of nitrogens with one attached hydrogen (secondary N) is 1. The average Bonchev–Trinajstić information content (AvgIpc) is 2.74. The highest BCUT2D eigenvalue weighted by molar-refractivity contribution is 7.89. The van der Waals surface area contributed by atoms with E-state index in [0.29, 0.717) is 18.4 Å². The first kappa shape index (κ1) is 20.6. The standard InChI is InChI=1S/C19H20N4O5S/c24-19(21-20-14-15-6-8-17(9-7-15)23(25)26)16-10-12-22(13-11-16)29(27,28)18-4-2-1-3-5-18/h1-9,14,16H,10-13H2,(H,21,24)/b20-14-. The maximum absolute atomic E-state index is 12.6. The molecule has 0 aliphatic carbocycles. The lowest BCUT2D eigenvalue weighted by molar-refractivity contribution is -0.384. The Morgan fingerprint density at radius 3 is 2.31 bits per heavy atom. The van der Waals surface area contributed by atoms with E-state index in [1.54, 1.807) is 30.3 Å². The van der Waals surface area contributed by atoms with Crippen LogP contribution in [0.15, 0.2) is 64.6 Å². The molecule has 0 atom stereocenters. The predicted octanol–water partition coefficient (Wildman–Crippen LogP) is 2.15. The summed E-state index contributed by atoms with van der Waals surface area (Å²) in [5.41, 5.74) is 3.04. The maximum atomic E-state index is 12.6. The Morgan fingerprint density at radius 2 is 1.72 bits per heavy atom. The van der Waals surface area contributed by atoms with E-state index in [-0.39, 0.29) is 35.5 Å². The Balaban J connectivity index is 1.52. The molecule has 1 aliphatic heterocycles. The van der Waals surface area contributed by atoms with Crippen LogP contribution in [0.2, 0.25) is 0 Å². The molecule has 0 bridgehead atoms. The fraction of sp³-hybridized carbons (Fsp3) is 0.263. The average molecular weight is 416 g/mol. The first-order valence-electron chi connectivity index (χ1n) is 9.00. The van der Waals surface area contributed by atoms with Crippen LogP contribution in [0.4, 0.5) is 5.69 Å². The van der Waals surface area contributed by atoms with Gasteiger partial charge in [-0.15, -0.1) is 0 Å². The number of hydrogen-bond donors (Lipinski definition) is 1. The fourth-order valence-electron chi connectivity index (χ4n) is 3.04. The number of rotatable bonds is 6. The van der Waals surface area contributed by atoms with E-state index in [4.69, 9.17) is 0 Å². The quantitative estimate of drug-likeness (QED) is 0.439. The van der Waals surface area contributed by atoms with Gasteiger partial charge in [-0.1, -0.05) is 18.2 Å². The summed E-state index contributed by atoms with van der Waals surface area (Å²) in [7, 11) is -3.55. The maximum Gasteiger partial charge on any atom is 0.269 e. The van der Waals surface area contributed by atoms with Gasteiger partial charge in [-0.2, -0.15) is 9.41 Å². The monoisotopic (exact) mass is 416 g/mol. The number of carbonyl (C=O) groups is 1. The van der Waals surface area contributed by atoms with Gasteiger partial charge in [0, 0.05) is 31.1 Å². The second kappa shape index (κ2) is 8.93. The molecule has 1 fully saturated rings. The fourth-order valence-corrected chi connectivity index (χ4v) is 4.53. The van der Waals surface area contributed by atoms with Gasteiger partial charge >= 0.3 is 0 Å². The van der Waals surface area contributed by atoms with E-state index in [1.165, 1.54) is 34.8 Å².